The average molecular weight is 463 g/mol. The van der Waals surface area contributed by atoms with Gasteiger partial charge in [-0.3, -0.25) is 4.79 Å². The van der Waals surface area contributed by atoms with E-state index in [9.17, 15) is 13.2 Å². The fraction of sp³-hybridized carbons (Fsp3) is 0.350. The van der Waals surface area contributed by atoms with Crippen LogP contribution in [0.2, 0.25) is 0 Å². The zero-order chi connectivity index (χ0) is 21.1. The third-order valence-electron chi connectivity index (χ3n) is 4.97. The number of carbonyl (C=O) groups is 1. The number of aromatic nitrogens is 2. The third-order valence-corrected chi connectivity index (χ3v) is 8.84. The number of aryl methyl sites for hydroxylation is 1. The summed E-state index contributed by atoms with van der Waals surface area (Å²) < 4.78 is 27.6. The molecule has 0 radical (unpaired) electrons. The minimum atomic E-state index is -3.56. The summed E-state index contributed by atoms with van der Waals surface area (Å²) in [4.78, 5) is 22.1. The Morgan fingerprint density at radius 3 is 2.80 bits per heavy atom. The molecule has 1 aromatic carbocycles. The monoisotopic (exact) mass is 462 g/mol. The highest BCUT2D eigenvalue weighted by atomic mass is 32.2. The number of rotatable bonds is 6. The molecule has 1 saturated heterocycles. The van der Waals surface area contributed by atoms with Gasteiger partial charge in [-0.1, -0.05) is 24.2 Å². The second-order valence-electron chi connectivity index (χ2n) is 7.10. The number of amides is 1. The van der Waals surface area contributed by atoms with Crippen LogP contribution in [-0.4, -0.2) is 47.4 Å². The van der Waals surface area contributed by atoms with E-state index in [0.29, 0.717) is 24.3 Å². The summed E-state index contributed by atoms with van der Waals surface area (Å²) >= 11 is 2.86. The number of benzene rings is 1. The quantitative estimate of drug-likeness (QED) is 0.441. The molecule has 0 bridgehead atoms. The van der Waals surface area contributed by atoms with E-state index in [1.54, 1.807) is 29.4 Å². The van der Waals surface area contributed by atoms with Gasteiger partial charge in [-0.25, -0.2) is 18.4 Å². The second-order valence-corrected chi connectivity index (χ2v) is 10.9. The molecule has 1 fully saturated rings. The smallest absolute Gasteiger partial charge is 0.243 e. The van der Waals surface area contributed by atoms with Gasteiger partial charge in [0.2, 0.25) is 15.9 Å². The number of nitrogens with one attached hydrogen (secondary N) is 1. The molecule has 3 aromatic rings. The van der Waals surface area contributed by atoms with E-state index in [0.717, 1.165) is 34.5 Å². The van der Waals surface area contributed by atoms with Crippen molar-refractivity contribution in [2.75, 3.05) is 24.2 Å². The van der Waals surface area contributed by atoms with Crippen molar-refractivity contribution in [1.82, 2.24) is 14.3 Å². The Hall–Kier alpha value is -2.01. The van der Waals surface area contributed by atoms with Crippen LogP contribution in [0.5, 0.6) is 0 Å². The Labute approximate surface area is 184 Å². The number of anilines is 1. The number of thiophene rings is 1. The predicted molar refractivity (Wildman–Crippen MR) is 121 cm³/mol. The van der Waals surface area contributed by atoms with Gasteiger partial charge in [0.25, 0.3) is 0 Å². The molecule has 7 nitrogen and oxygen atoms in total. The Morgan fingerprint density at radius 1 is 1.20 bits per heavy atom. The molecule has 0 unspecified atom stereocenters. The van der Waals surface area contributed by atoms with Crippen LogP contribution in [0.4, 0.5) is 5.69 Å². The first kappa shape index (κ1) is 21.2. The van der Waals surface area contributed by atoms with Crippen LogP contribution in [0.1, 0.15) is 24.8 Å². The van der Waals surface area contributed by atoms with Crippen molar-refractivity contribution in [3.63, 3.8) is 0 Å². The molecule has 0 spiro atoms. The molecule has 158 valence electrons. The molecule has 0 atom stereocenters. The molecule has 10 heteroatoms. The molecule has 1 N–H and O–H groups in total. The van der Waals surface area contributed by atoms with Crippen molar-refractivity contribution in [2.24, 2.45) is 0 Å². The van der Waals surface area contributed by atoms with Crippen molar-refractivity contribution < 1.29 is 13.2 Å². The summed E-state index contributed by atoms with van der Waals surface area (Å²) in [6, 6.07) is 6.97. The number of sulfonamides is 1. The summed E-state index contributed by atoms with van der Waals surface area (Å²) in [6.45, 7) is 2.87. The number of thioether (sulfide) groups is 1. The Bertz CT molecular complexity index is 1170. The number of piperidine rings is 1. The van der Waals surface area contributed by atoms with E-state index in [2.05, 4.69) is 15.3 Å². The molecule has 1 aliphatic rings. The Kier molecular flexibility index (Phi) is 6.37. The van der Waals surface area contributed by atoms with Crippen LogP contribution in [0, 0.1) is 6.92 Å². The number of hydrogen-bond donors (Lipinski definition) is 1. The topological polar surface area (TPSA) is 92.3 Å². The van der Waals surface area contributed by atoms with Crippen molar-refractivity contribution in [2.45, 2.75) is 36.1 Å². The maximum atomic E-state index is 13.1. The highest BCUT2D eigenvalue weighted by Gasteiger charge is 2.27. The van der Waals surface area contributed by atoms with Gasteiger partial charge in [-0.05, 0) is 48.9 Å². The van der Waals surface area contributed by atoms with Crippen LogP contribution in [0.3, 0.4) is 0 Å². The molecular weight excluding hydrogens is 440 g/mol. The van der Waals surface area contributed by atoms with E-state index < -0.39 is 10.0 Å². The van der Waals surface area contributed by atoms with Crippen molar-refractivity contribution >= 4 is 54.9 Å². The molecule has 0 saturated carbocycles. The van der Waals surface area contributed by atoms with E-state index in [4.69, 9.17) is 0 Å². The lowest BCUT2D eigenvalue weighted by Gasteiger charge is -2.26. The van der Waals surface area contributed by atoms with Crippen molar-refractivity contribution in [3.05, 3.63) is 41.5 Å². The van der Waals surface area contributed by atoms with Crippen LogP contribution in [0.25, 0.3) is 10.2 Å². The summed E-state index contributed by atoms with van der Waals surface area (Å²) in [5, 5.41) is 6.45. The number of nitrogens with zero attached hydrogens (tertiary/aromatic N) is 3. The van der Waals surface area contributed by atoms with Gasteiger partial charge in [0.05, 0.1) is 10.6 Å². The van der Waals surface area contributed by atoms with Gasteiger partial charge in [0.1, 0.15) is 16.2 Å². The van der Waals surface area contributed by atoms with Gasteiger partial charge in [0.15, 0.2) is 0 Å². The van der Waals surface area contributed by atoms with Crippen LogP contribution in [-0.2, 0) is 14.8 Å². The first-order valence-electron chi connectivity index (χ1n) is 9.67. The molecule has 3 heterocycles. The normalized spacial score (nSPS) is 15.4. The van der Waals surface area contributed by atoms with E-state index in [1.807, 2.05) is 11.4 Å². The Morgan fingerprint density at radius 2 is 2.00 bits per heavy atom. The zero-order valence-electron chi connectivity index (χ0n) is 16.5. The minimum absolute atomic E-state index is 0.171. The molecule has 2 aromatic heterocycles. The van der Waals surface area contributed by atoms with Crippen molar-refractivity contribution in [3.8, 4) is 0 Å². The van der Waals surface area contributed by atoms with Gasteiger partial charge < -0.3 is 5.32 Å². The lowest BCUT2D eigenvalue weighted by molar-refractivity contribution is -0.113. The summed E-state index contributed by atoms with van der Waals surface area (Å²) in [6.07, 6.45) is 4.32. The summed E-state index contributed by atoms with van der Waals surface area (Å²) in [5.41, 5.74) is 1.15. The highest BCUT2D eigenvalue weighted by molar-refractivity contribution is 8.00. The third kappa shape index (κ3) is 4.51. The highest BCUT2D eigenvalue weighted by Crippen LogP contribution is 2.29. The minimum Gasteiger partial charge on any atom is -0.325 e. The van der Waals surface area contributed by atoms with Gasteiger partial charge in [-0.15, -0.1) is 11.3 Å². The zero-order valence-corrected chi connectivity index (χ0v) is 18.9. The maximum absolute atomic E-state index is 13.1. The fourth-order valence-corrected chi connectivity index (χ4v) is 6.76. The second kappa shape index (κ2) is 9.01. The summed E-state index contributed by atoms with van der Waals surface area (Å²) in [7, 11) is -3.56. The predicted octanol–water partition coefficient (Wildman–Crippen LogP) is 3.91. The standard InChI is InChI=1S/C20H22N4O3S3/c1-14-5-6-15(11-17(14)30(26,27)24-8-3-2-4-9-24)23-18(25)12-29-20-16-7-10-28-19(16)21-13-22-20/h5-7,10-11,13H,2-4,8-9,12H2,1H3,(H,23,25). The van der Waals surface area contributed by atoms with Crippen LogP contribution < -0.4 is 5.32 Å². The number of hydrogen-bond acceptors (Lipinski definition) is 7. The van der Waals surface area contributed by atoms with Crippen LogP contribution >= 0.6 is 23.1 Å². The van der Waals surface area contributed by atoms with Gasteiger partial charge in [0, 0.05) is 24.2 Å². The first-order chi connectivity index (χ1) is 14.4. The summed E-state index contributed by atoms with van der Waals surface area (Å²) in [5.74, 6) is -0.0449. The molecular formula is C20H22N4O3S3. The van der Waals surface area contributed by atoms with E-state index in [1.165, 1.54) is 29.4 Å². The Balaban J connectivity index is 1.46. The average Bonchev–Trinajstić information content (AvgIpc) is 3.23. The van der Waals surface area contributed by atoms with E-state index >= 15 is 0 Å². The molecule has 1 aliphatic heterocycles. The van der Waals surface area contributed by atoms with Gasteiger partial charge >= 0.3 is 0 Å². The first-order valence-corrected chi connectivity index (χ1v) is 13.0. The molecule has 1 amide bonds. The lowest BCUT2D eigenvalue weighted by Crippen LogP contribution is -2.36. The number of carbonyl (C=O) groups excluding carboxylic acids is 1. The van der Waals surface area contributed by atoms with Gasteiger partial charge in [-0.2, -0.15) is 4.31 Å². The molecule has 30 heavy (non-hydrogen) atoms. The lowest BCUT2D eigenvalue weighted by atomic mass is 10.2. The largest absolute Gasteiger partial charge is 0.325 e. The van der Waals surface area contributed by atoms with Crippen molar-refractivity contribution in [1.29, 1.82) is 0 Å². The maximum Gasteiger partial charge on any atom is 0.243 e. The SMILES string of the molecule is Cc1ccc(NC(=O)CSc2ncnc3sccc23)cc1S(=O)(=O)N1CCCCC1. The van der Waals surface area contributed by atoms with Crippen LogP contribution in [0.15, 0.2) is 45.9 Å². The molecule has 0 aliphatic carbocycles. The van der Waals surface area contributed by atoms with E-state index in [-0.39, 0.29) is 16.6 Å². The molecule has 4 rings (SSSR count). The fourth-order valence-electron chi connectivity index (χ4n) is 3.41. The number of fused-ring (bicyclic) bond motifs is 1.